The van der Waals surface area contributed by atoms with Crippen LogP contribution in [-0.2, 0) is 23.4 Å². The number of azo groups is 1. The fourth-order valence-corrected chi connectivity index (χ4v) is 5.10. The van der Waals surface area contributed by atoms with Crippen LogP contribution in [0.15, 0.2) is 63.6 Å². The van der Waals surface area contributed by atoms with Crippen LogP contribution in [-0.4, -0.2) is 28.4 Å². The maximum atomic E-state index is 14.0. The molecule has 172 valence electrons. The molecule has 2 aromatic rings. The maximum Gasteiger partial charge on any atom is 0.416 e. The SMILES string of the molecule is CC[C@@]1(c2cccc(C(F)(F)F)c2)C2=CN=NC2NC2=C1C(=O)N(c1cc(C)n(C)n1)CC2. The first-order valence-electron chi connectivity index (χ1n) is 10.8. The molecule has 1 aromatic heterocycles. The van der Waals surface area contributed by atoms with Gasteiger partial charge in [-0.1, -0.05) is 25.1 Å². The number of amides is 1. The highest BCUT2D eigenvalue weighted by molar-refractivity contribution is 6.09. The molecule has 0 saturated heterocycles. The number of hydrogen-bond acceptors (Lipinski definition) is 5. The zero-order chi connectivity index (χ0) is 23.5. The molecule has 1 N–H and O–H groups in total. The highest BCUT2D eigenvalue weighted by Gasteiger charge is 2.53. The van der Waals surface area contributed by atoms with Crippen molar-refractivity contribution in [3.63, 3.8) is 0 Å². The Kier molecular flexibility index (Phi) is 4.73. The molecule has 0 saturated carbocycles. The largest absolute Gasteiger partial charge is 0.416 e. The summed E-state index contributed by atoms with van der Waals surface area (Å²) in [5, 5.41) is 16.0. The summed E-state index contributed by atoms with van der Waals surface area (Å²) in [5.74, 6) is 0.254. The van der Waals surface area contributed by atoms with Crippen LogP contribution in [0, 0.1) is 6.92 Å². The van der Waals surface area contributed by atoms with E-state index >= 15 is 0 Å². The lowest BCUT2D eigenvalue weighted by molar-refractivity contribution is -0.137. The number of fused-ring (bicyclic) bond motifs is 1. The van der Waals surface area contributed by atoms with Crippen molar-refractivity contribution >= 4 is 11.7 Å². The Morgan fingerprint density at radius 3 is 2.73 bits per heavy atom. The zero-order valence-electron chi connectivity index (χ0n) is 18.4. The van der Waals surface area contributed by atoms with Gasteiger partial charge in [0.2, 0.25) is 0 Å². The van der Waals surface area contributed by atoms with Crippen molar-refractivity contribution in [2.75, 3.05) is 11.4 Å². The molecule has 1 amide bonds. The lowest BCUT2D eigenvalue weighted by Crippen LogP contribution is -2.54. The molecule has 3 aliphatic rings. The molecule has 5 rings (SSSR count). The van der Waals surface area contributed by atoms with Crippen LogP contribution in [0.4, 0.5) is 19.0 Å². The van der Waals surface area contributed by atoms with Crippen molar-refractivity contribution < 1.29 is 18.0 Å². The van der Waals surface area contributed by atoms with Crippen LogP contribution in [0.1, 0.15) is 36.6 Å². The molecule has 3 aliphatic heterocycles. The molecule has 2 atom stereocenters. The van der Waals surface area contributed by atoms with Gasteiger partial charge in [0.15, 0.2) is 12.0 Å². The molecule has 0 spiro atoms. The minimum atomic E-state index is -4.50. The fraction of sp³-hybridized carbons (Fsp3) is 0.391. The lowest BCUT2D eigenvalue weighted by atomic mass is 9.62. The number of aromatic nitrogens is 2. The lowest BCUT2D eigenvalue weighted by Gasteiger charge is -2.47. The van der Waals surface area contributed by atoms with Crippen LogP contribution < -0.4 is 10.2 Å². The molecule has 10 heteroatoms. The quantitative estimate of drug-likeness (QED) is 0.746. The van der Waals surface area contributed by atoms with Crippen molar-refractivity contribution in [3.8, 4) is 0 Å². The van der Waals surface area contributed by atoms with Crippen molar-refractivity contribution in [1.82, 2.24) is 15.1 Å². The van der Waals surface area contributed by atoms with Crippen molar-refractivity contribution in [2.24, 2.45) is 17.3 Å². The summed E-state index contributed by atoms with van der Waals surface area (Å²) < 4.78 is 42.5. The van der Waals surface area contributed by atoms with Gasteiger partial charge in [-0.2, -0.15) is 28.5 Å². The second-order valence-corrected chi connectivity index (χ2v) is 8.53. The summed E-state index contributed by atoms with van der Waals surface area (Å²) in [6.45, 7) is 4.18. The Morgan fingerprint density at radius 1 is 1.27 bits per heavy atom. The van der Waals surface area contributed by atoms with Crippen molar-refractivity contribution in [1.29, 1.82) is 0 Å². The molecular weight excluding hydrogens is 433 g/mol. The standard InChI is InChI=1S/C23H23F3N6O/c1-4-22(14-6-5-7-15(11-14)23(24,25)26)16-12-27-29-20(16)28-17-8-9-32(21(33)19(17)22)18-10-13(2)31(3)30-18/h5-7,10-12,20,28H,4,8-9H2,1-3H3/t20?,22-/m1/s1. The van der Waals surface area contributed by atoms with Gasteiger partial charge in [-0.25, -0.2) is 0 Å². The molecule has 0 fully saturated rings. The predicted molar refractivity (Wildman–Crippen MR) is 115 cm³/mol. The van der Waals surface area contributed by atoms with Crippen LogP contribution in [0.25, 0.3) is 0 Å². The summed E-state index contributed by atoms with van der Waals surface area (Å²) >= 11 is 0. The Hall–Kier alpha value is -3.43. The molecule has 0 bridgehead atoms. The molecule has 33 heavy (non-hydrogen) atoms. The van der Waals surface area contributed by atoms with Crippen LogP contribution in [0.5, 0.6) is 0 Å². The average molecular weight is 456 g/mol. The van der Waals surface area contributed by atoms with Gasteiger partial charge in [0, 0.05) is 43.0 Å². The number of benzene rings is 1. The highest BCUT2D eigenvalue weighted by atomic mass is 19.4. The van der Waals surface area contributed by atoms with Crippen LogP contribution in [0.3, 0.4) is 0 Å². The van der Waals surface area contributed by atoms with Gasteiger partial charge in [0.25, 0.3) is 5.91 Å². The van der Waals surface area contributed by atoms with Gasteiger partial charge in [-0.15, -0.1) is 0 Å². The van der Waals surface area contributed by atoms with Gasteiger partial charge in [0.05, 0.1) is 22.8 Å². The van der Waals surface area contributed by atoms with Gasteiger partial charge in [-0.3, -0.25) is 14.4 Å². The van der Waals surface area contributed by atoms with E-state index in [1.807, 2.05) is 19.9 Å². The number of carbonyl (C=O) groups excluding carboxylic acids is 1. The number of aryl methyl sites for hydroxylation is 2. The maximum absolute atomic E-state index is 14.0. The van der Waals surface area contributed by atoms with Crippen molar-refractivity contribution in [2.45, 2.75) is 44.4 Å². The third kappa shape index (κ3) is 3.11. The number of hydrogen-bond donors (Lipinski definition) is 1. The molecule has 4 heterocycles. The topological polar surface area (TPSA) is 74.9 Å². The molecule has 1 aromatic carbocycles. The van der Waals surface area contributed by atoms with Crippen LogP contribution >= 0.6 is 0 Å². The summed E-state index contributed by atoms with van der Waals surface area (Å²) in [5.41, 5.74) is 1.28. The van der Waals surface area contributed by atoms with E-state index in [2.05, 4.69) is 20.6 Å². The van der Waals surface area contributed by atoms with Crippen molar-refractivity contribution in [3.05, 3.63) is 70.2 Å². The van der Waals surface area contributed by atoms with Gasteiger partial charge < -0.3 is 5.32 Å². The molecule has 0 aliphatic carbocycles. The Morgan fingerprint density at radius 2 is 2.06 bits per heavy atom. The summed E-state index contributed by atoms with van der Waals surface area (Å²) in [4.78, 5) is 15.6. The fourth-order valence-electron chi connectivity index (χ4n) is 5.10. The Bertz CT molecular complexity index is 1220. The minimum Gasteiger partial charge on any atom is -0.362 e. The normalized spacial score (nSPS) is 24.5. The highest BCUT2D eigenvalue weighted by Crippen LogP contribution is 2.51. The number of nitrogens with one attached hydrogen (secondary N) is 1. The molecular formula is C23H23F3N6O. The number of carbonyl (C=O) groups is 1. The van der Waals surface area contributed by atoms with Gasteiger partial charge >= 0.3 is 6.18 Å². The van der Waals surface area contributed by atoms with Crippen LogP contribution in [0.2, 0.25) is 0 Å². The van der Waals surface area contributed by atoms with Gasteiger partial charge in [0.1, 0.15) is 0 Å². The second kappa shape index (κ2) is 7.29. The number of anilines is 1. The van der Waals surface area contributed by atoms with E-state index in [0.717, 1.165) is 17.8 Å². The summed E-state index contributed by atoms with van der Waals surface area (Å²) in [7, 11) is 1.80. The van der Waals surface area contributed by atoms with E-state index < -0.39 is 23.3 Å². The number of halogens is 3. The van der Waals surface area contributed by atoms with E-state index in [0.29, 0.717) is 47.6 Å². The first kappa shape index (κ1) is 21.4. The Labute approximate surface area is 188 Å². The first-order valence-corrected chi connectivity index (χ1v) is 10.8. The number of rotatable bonds is 3. The van der Waals surface area contributed by atoms with E-state index in [4.69, 9.17) is 0 Å². The van der Waals surface area contributed by atoms with E-state index in [1.165, 1.54) is 6.07 Å². The Balaban J connectivity index is 1.71. The second-order valence-electron chi connectivity index (χ2n) is 8.53. The molecule has 0 radical (unpaired) electrons. The average Bonchev–Trinajstić information content (AvgIpc) is 3.38. The summed E-state index contributed by atoms with van der Waals surface area (Å²) in [6.07, 6.45) is -2.54. The van der Waals surface area contributed by atoms with E-state index in [-0.39, 0.29) is 5.91 Å². The number of alkyl halides is 3. The monoisotopic (exact) mass is 456 g/mol. The minimum absolute atomic E-state index is 0.271. The third-order valence-corrected chi connectivity index (χ3v) is 6.84. The summed E-state index contributed by atoms with van der Waals surface area (Å²) in [6, 6.07) is 7.07. The zero-order valence-corrected chi connectivity index (χ0v) is 18.4. The smallest absolute Gasteiger partial charge is 0.362 e. The predicted octanol–water partition coefficient (Wildman–Crippen LogP) is 4.37. The first-order chi connectivity index (χ1) is 15.7. The number of nitrogens with zero attached hydrogens (tertiary/aromatic N) is 5. The van der Waals surface area contributed by atoms with Gasteiger partial charge in [-0.05, 0) is 25.0 Å². The van der Waals surface area contributed by atoms with E-state index in [9.17, 15) is 18.0 Å². The van der Waals surface area contributed by atoms with E-state index in [1.54, 1.807) is 28.9 Å². The molecule has 7 nitrogen and oxygen atoms in total. The third-order valence-electron chi connectivity index (χ3n) is 6.84. The molecule has 1 unspecified atom stereocenters.